The minimum Gasteiger partial charge on any atom is -0.345 e. The number of hydrogen-bond donors (Lipinski definition) is 2. The first-order chi connectivity index (χ1) is 13.3. The number of nitrogens with one attached hydrogen (secondary N) is 2. The van der Waals surface area contributed by atoms with Crippen molar-refractivity contribution < 1.29 is 9.59 Å². The van der Waals surface area contributed by atoms with Gasteiger partial charge in [-0.3, -0.25) is 9.59 Å². The monoisotopic (exact) mass is 420 g/mol. The largest absolute Gasteiger partial charge is 0.345 e. The maximum atomic E-state index is 11.9. The van der Waals surface area contributed by atoms with Crippen molar-refractivity contribution in [3.05, 3.63) is 51.3 Å². The number of rotatable bonds is 4. The first-order valence-corrected chi connectivity index (χ1v) is 9.90. The molecule has 0 bridgehead atoms. The molecule has 1 aromatic heterocycles. The molecule has 1 fully saturated rings. The highest BCUT2D eigenvalue weighted by Crippen LogP contribution is 2.26. The van der Waals surface area contributed by atoms with Crippen LogP contribution in [0.3, 0.4) is 0 Å². The first-order valence-electron chi connectivity index (χ1n) is 9.14. The quantitative estimate of drug-likeness (QED) is 0.446. The van der Waals surface area contributed by atoms with Gasteiger partial charge in [-0.25, -0.2) is 5.43 Å². The van der Waals surface area contributed by atoms with Crippen molar-refractivity contribution in [3.63, 3.8) is 0 Å². The third-order valence-corrected chi connectivity index (χ3v) is 5.28. The fourth-order valence-electron chi connectivity index (χ4n) is 3.52. The standard InChI is InChI=1S/C20H22Cl2N4O2/c1-12-7-14(13(2)26(12)18-9-15(21)8-16(22)10-18)11-23-25-20(28)19(27)24-17-5-3-4-6-17/h7-11,17H,3-6H2,1-2H3,(H,24,27)(H,25,28)/b23-11-. The topological polar surface area (TPSA) is 75.5 Å². The maximum absolute atomic E-state index is 11.9. The van der Waals surface area contributed by atoms with E-state index < -0.39 is 11.8 Å². The number of nitrogens with zero attached hydrogens (tertiary/aromatic N) is 2. The molecule has 1 aliphatic rings. The van der Waals surface area contributed by atoms with E-state index in [2.05, 4.69) is 15.8 Å². The summed E-state index contributed by atoms with van der Waals surface area (Å²) in [7, 11) is 0. The summed E-state index contributed by atoms with van der Waals surface area (Å²) in [5, 5.41) is 7.75. The zero-order chi connectivity index (χ0) is 20.3. The minimum absolute atomic E-state index is 0.0886. The van der Waals surface area contributed by atoms with Crippen LogP contribution in [0, 0.1) is 13.8 Å². The molecule has 148 valence electrons. The number of aryl methyl sites for hydroxylation is 1. The molecule has 0 spiro atoms. The molecule has 1 heterocycles. The van der Waals surface area contributed by atoms with Crippen LogP contribution in [0.4, 0.5) is 0 Å². The molecule has 6 nitrogen and oxygen atoms in total. The van der Waals surface area contributed by atoms with Crippen molar-refractivity contribution in [2.24, 2.45) is 5.10 Å². The molecular formula is C20H22Cl2N4O2. The lowest BCUT2D eigenvalue weighted by Gasteiger charge is -2.11. The van der Waals surface area contributed by atoms with Crippen molar-refractivity contribution in [1.82, 2.24) is 15.3 Å². The Labute approximate surface area is 173 Å². The molecule has 0 atom stereocenters. The third-order valence-electron chi connectivity index (χ3n) is 4.84. The average molecular weight is 421 g/mol. The summed E-state index contributed by atoms with van der Waals surface area (Å²) in [6.07, 6.45) is 5.52. The van der Waals surface area contributed by atoms with E-state index in [9.17, 15) is 9.59 Å². The molecule has 8 heteroatoms. The smallest absolute Gasteiger partial charge is 0.329 e. The Morgan fingerprint density at radius 3 is 2.36 bits per heavy atom. The Balaban J connectivity index is 1.69. The maximum Gasteiger partial charge on any atom is 0.329 e. The van der Waals surface area contributed by atoms with Crippen LogP contribution in [-0.4, -0.2) is 28.6 Å². The van der Waals surface area contributed by atoms with E-state index in [1.807, 2.05) is 36.6 Å². The van der Waals surface area contributed by atoms with Gasteiger partial charge in [0.25, 0.3) is 0 Å². The van der Waals surface area contributed by atoms with Crippen LogP contribution >= 0.6 is 23.2 Å². The fourth-order valence-corrected chi connectivity index (χ4v) is 4.03. The number of amides is 2. The van der Waals surface area contributed by atoms with Crippen molar-refractivity contribution >= 4 is 41.2 Å². The van der Waals surface area contributed by atoms with E-state index in [0.29, 0.717) is 10.0 Å². The summed E-state index contributed by atoms with van der Waals surface area (Å²) < 4.78 is 1.99. The summed E-state index contributed by atoms with van der Waals surface area (Å²) in [6, 6.07) is 7.34. The summed E-state index contributed by atoms with van der Waals surface area (Å²) in [5.41, 5.74) is 5.80. The molecule has 0 saturated heterocycles. The predicted octanol–water partition coefficient (Wildman–Crippen LogP) is 3.91. The summed E-state index contributed by atoms with van der Waals surface area (Å²) in [4.78, 5) is 23.8. The molecule has 1 aliphatic carbocycles. The van der Waals surface area contributed by atoms with Crippen LogP contribution in [-0.2, 0) is 9.59 Å². The zero-order valence-electron chi connectivity index (χ0n) is 15.8. The van der Waals surface area contributed by atoms with Crippen LogP contribution in [0.2, 0.25) is 10.0 Å². The lowest BCUT2D eigenvalue weighted by Crippen LogP contribution is -2.42. The highest BCUT2D eigenvalue weighted by atomic mass is 35.5. The van der Waals surface area contributed by atoms with Crippen LogP contribution in [0.15, 0.2) is 29.4 Å². The number of hydrazone groups is 1. The van der Waals surface area contributed by atoms with Crippen LogP contribution in [0.1, 0.15) is 42.6 Å². The highest BCUT2D eigenvalue weighted by molar-refractivity contribution is 6.35. The van der Waals surface area contributed by atoms with Gasteiger partial charge < -0.3 is 9.88 Å². The molecule has 0 radical (unpaired) electrons. The van der Waals surface area contributed by atoms with Gasteiger partial charge in [-0.05, 0) is 51.0 Å². The van der Waals surface area contributed by atoms with Crippen molar-refractivity contribution in [2.45, 2.75) is 45.6 Å². The van der Waals surface area contributed by atoms with E-state index in [0.717, 1.165) is 48.3 Å². The second-order valence-electron chi connectivity index (χ2n) is 6.94. The molecule has 28 heavy (non-hydrogen) atoms. The Kier molecular flexibility index (Phi) is 6.42. The van der Waals surface area contributed by atoms with Crippen molar-refractivity contribution in [3.8, 4) is 5.69 Å². The highest BCUT2D eigenvalue weighted by Gasteiger charge is 2.21. The Morgan fingerprint density at radius 1 is 1.07 bits per heavy atom. The number of benzene rings is 1. The third kappa shape index (κ3) is 4.75. The van der Waals surface area contributed by atoms with Gasteiger partial charge >= 0.3 is 11.8 Å². The molecule has 1 aromatic carbocycles. The van der Waals surface area contributed by atoms with Crippen LogP contribution in [0.5, 0.6) is 0 Å². The molecule has 2 amide bonds. The summed E-state index contributed by atoms with van der Waals surface area (Å²) in [6.45, 7) is 3.88. The number of aromatic nitrogens is 1. The predicted molar refractivity (Wildman–Crippen MR) is 111 cm³/mol. The van der Waals surface area contributed by atoms with Gasteiger partial charge in [0.2, 0.25) is 0 Å². The van der Waals surface area contributed by atoms with Gasteiger partial charge in [-0.2, -0.15) is 5.10 Å². The first kappa shape index (κ1) is 20.4. The lowest BCUT2D eigenvalue weighted by atomic mass is 10.2. The van der Waals surface area contributed by atoms with Gasteiger partial charge in [-0.1, -0.05) is 36.0 Å². The summed E-state index contributed by atoms with van der Waals surface area (Å²) in [5.74, 6) is -1.42. The van der Waals surface area contributed by atoms with Crippen LogP contribution < -0.4 is 10.7 Å². The Bertz CT molecular complexity index is 910. The fraction of sp³-hybridized carbons (Fsp3) is 0.350. The molecular weight excluding hydrogens is 399 g/mol. The number of halogens is 2. The molecule has 3 rings (SSSR count). The molecule has 2 aromatic rings. The molecule has 0 aliphatic heterocycles. The van der Waals surface area contributed by atoms with Crippen LogP contribution in [0.25, 0.3) is 5.69 Å². The normalized spacial score (nSPS) is 14.6. The second kappa shape index (κ2) is 8.80. The zero-order valence-corrected chi connectivity index (χ0v) is 17.3. The number of hydrogen-bond acceptors (Lipinski definition) is 3. The Morgan fingerprint density at radius 2 is 1.71 bits per heavy atom. The van der Waals surface area contributed by atoms with Gasteiger partial charge in [-0.15, -0.1) is 0 Å². The number of carbonyl (C=O) groups is 2. The lowest BCUT2D eigenvalue weighted by molar-refractivity contribution is -0.139. The van der Waals surface area contributed by atoms with E-state index in [1.165, 1.54) is 6.21 Å². The second-order valence-corrected chi connectivity index (χ2v) is 7.82. The van der Waals surface area contributed by atoms with E-state index in [-0.39, 0.29) is 6.04 Å². The van der Waals surface area contributed by atoms with E-state index >= 15 is 0 Å². The van der Waals surface area contributed by atoms with Gasteiger partial charge in [0, 0.05) is 38.7 Å². The molecule has 1 saturated carbocycles. The Hall–Kier alpha value is -2.31. The molecule has 0 unspecified atom stereocenters. The average Bonchev–Trinajstić information content (AvgIpc) is 3.22. The minimum atomic E-state index is -0.765. The van der Waals surface area contributed by atoms with E-state index in [1.54, 1.807) is 6.07 Å². The van der Waals surface area contributed by atoms with Gasteiger partial charge in [0.1, 0.15) is 0 Å². The van der Waals surface area contributed by atoms with Crippen molar-refractivity contribution in [1.29, 1.82) is 0 Å². The SMILES string of the molecule is Cc1cc(/C=N\NC(=O)C(=O)NC2CCCC2)c(C)n1-c1cc(Cl)cc(Cl)c1. The number of carbonyl (C=O) groups excluding carboxylic acids is 2. The summed E-state index contributed by atoms with van der Waals surface area (Å²) >= 11 is 12.2. The van der Waals surface area contributed by atoms with Gasteiger partial charge in [0.05, 0.1) is 6.21 Å². The van der Waals surface area contributed by atoms with Gasteiger partial charge in [0.15, 0.2) is 0 Å². The molecule has 2 N–H and O–H groups in total. The van der Waals surface area contributed by atoms with E-state index in [4.69, 9.17) is 23.2 Å². The van der Waals surface area contributed by atoms with Crippen molar-refractivity contribution in [2.75, 3.05) is 0 Å².